The van der Waals surface area contributed by atoms with Crippen LogP contribution < -0.4 is 0 Å². The average Bonchev–Trinajstić information content (AvgIpc) is 3.03. The number of rotatable bonds is 0. The van der Waals surface area contributed by atoms with Crippen LogP contribution in [0.5, 0.6) is 0 Å². The number of hydrogen-bond donors (Lipinski definition) is 0. The van der Waals surface area contributed by atoms with Crippen LogP contribution >= 0.6 is 11.3 Å². The molecule has 2 nitrogen and oxygen atoms in total. The van der Waals surface area contributed by atoms with Gasteiger partial charge in [-0.1, -0.05) is 39.8 Å². The molecule has 1 aromatic carbocycles. The minimum atomic E-state index is -0.0904. The summed E-state index contributed by atoms with van der Waals surface area (Å²) >= 11 is 1.93. The van der Waals surface area contributed by atoms with Crippen molar-refractivity contribution in [3.63, 3.8) is 0 Å². The fourth-order valence-electron chi connectivity index (χ4n) is 3.44. The van der Waals surface area contributed by atoms with Gasteiger partial charge in [0.05, 0.1) is 0 Å². The Kier molecular flexibility index (Phi) is 2.83. The molecule has 22 heavy (non-hydrogen) atoms. The van der Waals surface area contributed by atoms with E-state index in [9.17, 15) is 0 Å². The van der Waals surface area contributed by atoms with Crippen LogP contribution in [0.15, 0.2) is 34.7 Å². The van der Waals surface area contributed by atoms with Gasteiger partial charge in [-0.25, -0.2) is 4.98 Å². The van der Waals surface area contributed by atoms with Crippen molar-refractivity contribution in [2.45, 2.75) is 51.4 Å². The van der Waals surface area contributed by atoms with Crippen LogP contribution in [0.25, 0.3) is 11.1 Å². The maximum atomic E-state index is 6.13. The molecular formula is C19H21NOS. The summed E-state index contributed by atoms with van der Waals surface area (Å²) < 4.78 is 6.13. The minimum absolute atomic E-state index is 0.0459. The first-order chi connectivity index (χ1) is 10.4. The third-order valence-electron chi connectivity index (χ3n) is 4.68. The van der Waals surface area contributed by atoms with E-state index in [1.54, 1.807) is 0 Å². The number of nitrogens with zero attached hydrogens (tertiary/aromatic N) is 1. The van der Waals surface area contributed by atoms with E-state index in [1.807, 2.05) is 17.4 Å². The van der Waals surface area contributed by atoms with E-state index in [0.29, 0.717) is 0 Å². The average molecular weight is 311 g/mol. The Labute approximate surface area is 135 Å². The van der Waals surface area contributed by atoms with Crippen molar-refractivity contribution < 1.29 is 4.42 Å². The topological polar surface area (TPSA) is 26.0 Å². The number of hydrogen-bond acceptors (Lipinski definition) is 3. The zero-order valence-electron chi connectivity index (χ0n) is 13.6. The molecule has 0 aliphatic carbocycles. The number of aromatic nitrogens is 1. The molecule has 0 amide bonds. The third-order valence-corrected chi connectivity index (χ3v) is 5.76. The lowest BCUT2D eigenvalue weighted by molar-refractivity contribution is 0.383. The molecule has 0 atom stereocenters. The predicted molar refractivity (Wildman–Crippen MR) is 91.8 cm³/mol. The molecule has 3 heteroatoms. The monoisotopic (exact) mass is 311 g/mol. The predicted octanol–water partition coefficient (Wildman–Crippen LogP) is 5.24. The standard InChI is InChI=1S/C19H21NOS/c1-18(2)10-12-8-9-13(22-12)11-19(3,4)17-20-16-14(18)6-5-7-15(16)21-17/h5-9H,10-11H2,1-4H3. The highest BCUT2D eigenvalue weighted by molar-refractivity contribution is 7.12. The highest BCUT2D eigenvalue weighted by atomic mass is 32.1. The first-order valence-corrected chi connectivity index (χ1v) is 8.65. The molecule has 3 aromatic rings. The molecule has 0 N–H and O–H groups in total. The van der Waals surface area contributed by atoms with E-state index in [0.717, 1.165) is 29.8 Å². The van der Waals surface area contributed by atoms with E-state index in [2.05, 4.69) is 52.0 Å². The summed E-state index contributed by atoms with van der Waals surface area (Å²) in [4.78, 5) is 7.78. The van der Waals surface area contributed by atoms with Gasteiger partial charge in [0.1, 0.15) is 5.52 Å². The van der Waals surface area contributed by atoms with E-state index < -0.39 is 0 Å². The number of oxazole rings is 1. The summed E-state index contributed by atoms with van der Waals surface area (Å²) in [5.74, 6) is 0.850. The van der Waals surface area contributed by atoms with Gasteiger partial charge in [-0.3, -0.25) is 0 Å². The van der Waals surface area contributed by atoms with Crippen molar-refractivity contribution in [1.29, 1.82) is 0 Å². The van der Waals surface area contributed by atoms with Crippen LogP contribution in [0.1, 0.15) is 48.9 Å². The number of benzene rings is 1. The molecule has 114 valence electrons. The third kappa shape index (κ3) is 2.11. The molecule has 3 heterocycles. The van der Waals surface area contributed by atoms with Crippen molar-refractivity contribution in [2.24, 2.45) is 0 Å². The van der Waals surface area contributed by atoms with Gasteiger partial charge in [-0.2, -0.15) is 0 Å². The van der Waals surface area contributed by atoms with Crippen LogP contribution in [-0.4, -0.2) is 4.98 Å². The molecule has 4 bridgehead atoms. The number of thiophene rings is 1. The molecule has 0 saturated heterocycles. The molecule has 0 spiro atoms. The van der Waals surface area contributed by atoms with Crippen molar-refractivity contribution in [3.8, 4) is 0 Å². The molecule has 4 rings (SSSR count). The maximum Gasteiger partial charge on any atom is 0.201 e. The Morgan fingerprint density at radius 2 is 1.64 bits per heavy atom. The van der Waals surface area contributed by atoms with Gasteiger partial charge >= 0.3 is 0 Å². The second-order valence-electron chi connectivity index (χ2n) is 7.66. The van der Waals surface area contributed by atoms with Crippen molar-refractivity contribution in [3.05, 3.63) is 51.5 Å². The number of para-hydroxylation sites is 1. The van der Waals surface area contributed by atoms with E-state index in [-0.39, 0.29) is 10.8 Å². The second kappa shape index (κ2) is 4.45. The second-order valence-corrected chi connectivity index (χ2v) is 8.91. The molecule has 1 aliphatic heterocycles. The Hall–Kier alpha value is -1.61. The summed E-state index contributed by atoms with van der Waals surface area (Å²) in [6.45, 7) is 9.05. The normalized spacial score (nSPS) is 19.3. The van der Waals surface area contributed by atoms with E-state index in [1.165, 1.54) is 15.3 Å². The van der Waals surface area contributed by atoms with Gasteiger partial charge < -0.3 is 4.42 Å². The summed E-state index contributed by atoms with van der Waals surface area (Å²) in [6.07, 6.45) is 2.01. The van der Waals surface area contributed by atoms with Crippen LogP contribution in [-0.2, 0) is 23.7 Å². The summed E-state index contributed by atoms with van der Waals surface area (Å²) in [5.41, 5.74) is 3.19. The van der Waals surface area contributed by atoms with Crippen molar-refractivity contribution in [1.82, 2.24) is 4.98 Å². The highest BCUT2D eigenvalue weighted by Gasteiger charge is 2.32. The quantitative estimate of drug-likeness (QED) is 0.567. The zero-order chi connectivity index (χ0) is 15.5. The zero-order valence-corrected chi connectivity index (χ0v) is 14.4. The molecule has 2 aromatic heterocycles. The molecule has 0 unspecified atom stereocenters. The van der Waals surface area contributed by atoms with Gasteiger partial charge in [-0.05, 0) is 42.0 Å². The van der Waals surface area contributed by atoms with E-state index >= 15 is 0 Å². The van der Waals surface area contributed by atoms with Crippen LogP contribution in [0, 0.1) is 0 Å². The lowest BCUT2D eigenvalue weighted by Crippen LogP contribution is -2.21. The minimum Gasteiger partial charge on any atom is -0.440 e. The van der Waals surface area contributed by atoms with Crippen LogP contribution in [0.4, 0.5) is 0 Å². The van der Waals surface area contributed by atoms with Crippen molar-refractivity contribution >= 4 is 22.4 Å². The van der Waals surface area contributed by atoms with Gasteiger partial charge in [-0.15, -0.1) is 11.3 Å². The Morgan fingerprint density at radius 1 is 0.955 bits per heavy atom. The molecular weight excluding hydrogens is 290 g/mol. The molecule has 0 fully saturated rings. The smallest absolute Gasteiger partial charge is 0.201 e. The van der Waals surface area contributed by atoms with Crippen LogP contribution in [0.2, 0.25) is 0 Å². The molecule has 0 radical (unpaired) electrons. The summed E-state index contributed by atoms with van der Waals surface area (Å²) in [7, 11) is 0. The SMILES string of the molecule is CC1(C)Cc2ccc(s2)CC(C)(C)c2cccc3oc1nc23. The lowest BCUT2D eigenvalue weighted by atomic mass is 9.80. The Morgan fingerprint density at radius 3 is 2.36 bits per heavy atom. The fraction of sp³-hybridized carbons (Fsp3) is 0.421. The van der Waals surface area contributed by atoms with Gasteiger partial charge in [0.25, 0.3) is 0 Å². The first-order valence-electron chi connectivity index (χ1n) is 7.83. The van der Waals surface area contributed by atoms with Crippen molar-refractivity contribution in [2.75, 3.05) is 0 Å². The summed E-state index contributed by atoms with van der Waals surface area (Å²) in [6, 6.07) is 10.9. The first kappa shape index (κ1) is 14.0. The molecule has 1 aliphatic rings. The Balaban J connectivity index is 2.03. The maximum absolute atomic E-state index is 6.13. The fourth-order valence-corrected chi connectivity index (χ4v) is 4.91. The summed E-state index contributed by atoms with van der Waals surface area (Å²) in [5, 5.41) is 0. The Bertz CT molecular complexity index is 853. The van der Waals surface area contributed by atoms with E-state index in [4.69, 9.17) is 9.40 Å². The van der Waals surface area contributed by atoms with Gasteiger partial charge in [0.2, 0.25) is 5.89 Å². The number of fused-ring (bicyclic) bond motifs is 3. The van der Waals surface area contributed by atoms with Gasteiger partial charge in [0, 0.05) is 15.2 Å². The largest absolute Gasteiger partial charge is 0.440 e. The van der Waals surface area contributed by atoms with Crippen LogP contribution in [0.3, 0.4) is 0 Å². The van der Waals surface area contributed by atoms with Gasteiger partial charge in [0.15, 0.2) is 5.58 Å². The lowest BCUT2D eigenvalue weighted by Gasteiger charge is -2.24. The highest BCUT2D eigenvalue weighted by Crippen LogP contribution is 2.39. The molecule has 0 saturated carbocycles.